The van der Waals surface area contributed by atoms with Gasteiger partial charge in [0, 0.05) is 10.6 Å². The van der Waals surface area contributed by atoms with Crippen LogP contribution in [0.15, 0.2) is 36.4 Å². The number of methoxy groups -OCH3 is 1. The number of carbonyl (C=O) groups is 1. The summed E-state index contributed by atoms with van der Waals surface area (Å²) >= 11 is 6.01. The van der Waals surface area contributed by atoms with Crippen LogP contribution in [-0.2, 0) is 4.79 Å². The Bertz CT molecular complexity index is 941. The number of aromatic nitrogens is 2. The zero-order valence-electron chi connectivity index (χ0n) is 14.5. The lowest BCUT2D eigenvalue weighted by molar-refractivity contribution is -0.143. The molecule has 6 heteroatoms. The molecule has 0 bridgehead atoms. The Morgan fingerprint density at radius 1 is 1.12 bits per heavy atom. The second-order valence-electron chi connectivity index (χ2n) is 6.75. The van der Waals surface area contributed by atoms with Crippen molar-refractivity contribution in [2.45, 2.75) is 20.8 Å². The van der Waals surface area contributed by atoms with Gasteiger partial charge in [-0.3, -0.25) is 4.79 Å². The summed E-state index contributed by atoms with van der Waals surface area (Å²) in [5.41, 5.74) is 1.90. The molecule has 0 saturated heterocycles. The number of esters is 1. The molecule has 1 heterocycles. The van der Waals surface area contributed by atoms with Gasteiger partial charge in [-0.15, -0.1) is 0 Å². The number of nitrogens with one attached hydrogen (secondary N) is 1. The first-order chi connectivity index (χ1) is 11.8. The number of H-pyrrole nitrogens is 1. The van der Waals surface area contributed by atoms with Gasteiger partial charge in [0.2, 0.25) is 0 Å². The lowest BCUT2D eigenvalue weighted by Crippen LogP contribution is -2.25. The average molecular weight is 359 g/mol. The average Bonchev–Trinajstić information content (AvgIpc) is 2.97. The van der Waals surface area contributed by atoms with E-state index in [1.54, 1.807) is 39.0 Å². The maximum Gasteiger partial charge on any atom is 0.316 e. The van der Waals surface area contributed by atoms with E-state index in [2.05, 4.69) is 9.97 Å². The molecular weight excluding hydrogens is 340 g/mol. The first kappa shape index (κ1) is 17.3. The molecule has 2 aromatic carbocycles. The van der Waals surface area contributed by atoms with E-state index in [1.807, 2.05) is 18.2 Å². The van der Waals surface area contributed by atoms with Crippen molar-refractivity contribution in [3.05, 3.63) is 41.4 Å². The highest BCUT2D eigenvalue weighted by Crippen LogP contribution is 2.33. The summed E-state index contributed by atoms with van der Waals surface area (Å²) in [4.78, 5) is 19.9. The van der Waals surface area contributed by atoms with Gasteiger partial charge in [-0.25, -0.2) is 4.98 Å². The van der Waals surface area contributed by atoms with Crippen LogP contribution in [0.1, 0.15) is 20.8 Å². The molecule has 130 valence electrons. The van der Waals surface area contributed by atoms with E-state index in [9.17, 15) is 4.79 Å². The third-order valence-electron chi connectivity index (χ3n) is 3.70. The molecule has 1 N–H and O–H groups in total. The van der Waals surface area contributed by atoms with Crippen molar-refractivity contribution in [1.82, 2.24) is 9.97 Å². The highest BCUT2D eigenvalue weighted by atomic mass is 35.5. The summed E-state index contributed by atoms with van der Waals surface area (Å²) in [5.74, 6) is 1.21. The molecule has 0 aliphatic heterocycles. The summed E-state index contributed by atoms with van der Waals surface area (Å²) in [6.07, 6.45) is 0. The number of ether oxygens (including phenoxy) is 2. The van der Waals surface area contributed by atoms with Crippen LogP contribution in [0, 0.1) is 5.41 Å². The molecule has 25 heavy (non-hydrogen) atoms. The van der Waals surface area contributed by atoms with E-state index in [1.165, 1.54) is 7.11 Å². The number of hydrogen-bond acceptors (Lipinski definition) is 4. The molecule has 0 fully saturated rings. The lowest BCUT2D eigenvalue weighted by Gasteiger charge is -2.17. The van der Waals surface area contributed by atoms with Gasteiger partial charge < -0.3 is 14.5 Å². The molecule has 0 saturated carbocycles. The molecule has 3 aromatic rings. The van der Waals surface area contributed by atoms with E-state index >= 15 is 0 Å². The minimum atomic E-state index is -0.596. The second kappa shape index (κ2) is 6.41. The summed E-state index contributed by atoms with van der Waals surface area (Å²) < 4.78 is 10.8. The predicted octanol–water partition coefficient (Wildman–Crippen LogP) is 4.84. The lowest BCUT2D eigenvalue weighted by atomic mass is 9.97. The third kappa shape index (κ3) is 3.61. The van der Waals surface area contributed by atoms with Crippen molar-refractivity contribution in [2.24, 2.45) is 5.41 Å². The Morgan fingerprint density at radius 3 is 2.56 bits per heavy atom. The van der Waals surface area contributed by atoms with E-state index in [0.717, 1.165) is 16.6 Å². The van der Waals surface area contributed by atoms with Crippen LogP contribution in [0.2, 0.25) is 5.02 Å². The summed E-state index contributed by atoms with van der Waals surface area (Å²) in [7, 11) is 1.53. The molecule has 5 nitrogen and oxygen atoms in total. The van der Waals surface area contributed by atoms with Crippen LogP contribution in [0.25, 0.3) is 22.4 Å². The molecule has 0 radical (unpaired) electrons. The Balaban J connectivity index is 1.96. The van der Waals surface area contributed by atoms with Crippen LogP contribution in [0.3, 0.4) is 0 Å². The summed E-state index contributed by atoms with van der Waals surface area (Å²) in [5, 5.41) is 0.643. The number of nitrogens with zero attached hydrogens (tertiary/aromatic N) is 1. The Labute approximate surface area is 150 Å². The van der Waals surface area contributed by atoms with Gasteiger partial charge in [0.1, 0.15) is 5.82 Å². The Kier molecular flexibility index (Phi) is 4.43. The number of benzene rings is 2. The van der Waals surface area contributed by atoms with Gasteiger partial charge in [-0.1, -0.05) is 11.6 Å². The van der Waals surface area contributed by atoms with Crippen LogP contribution >= 0.6 is 11.6 Å². The molecule has 0 aliphatic rings. The predicted molar refractivity (Wildman–Crippen MR) is 98.2 cm³/mol. The Morgan fingerprint density at radius 2 is 1.88 bits per heavy atom. The molecule has 0 unspecified atom stereocenters. The molecule has 3 rings (SSSR count). The van der Waals surface area contributed by atoms with Gasteiger partial charge in [-0.2, -0.15) is 0 Å². The monoisotopic (exact) mass is 358 g/mol. The van der Waals surface area contributed by atoms with Crippen molar-refractivity contribution < 1.29 is 14.3 Å². The van der Waals surface area contributed by atoms with E-state index in [-0.39, 0.29) is 5.97 Å². The first-order valence-electron chi connectivity index (χ1n) is 7.84. The SMILES string of the molecule is COc1cc(-c2nc3ccc(Cl)cc3[nH]2)ccc1OC(=O)C(C)(C)C. The standard InChI is InChI=1S/C19H19ClN2O3/c1-19(2,3)18(23)25-15-8-5-11(9-16(15)24-4)17-21-13-7-6-12(20)10-14(13)22-17/h5-10H,1-4H3,(H,21,22). The van der Waals surface area contributed by atoms with E-state index < -0.39 is 5.41 Å². The fourth-order valence-corrected chi connectivity index (χ4v) is 2.44. The molecule has 0 amide bonds. The smallest absolute Gasteiger partial charge is 0.316 e. The number of carbonyl (C=O) groups excluding carboxylic acids is 1. The van der Waals surface area contributed by atoms with Gasteiger partial charge in [-0.05, 0) is 57.2 Å². The molecule has 0 spiro atoms. The first-order valence-corrected chi connectivity index (χ1v) is 8.21. The van der Waals surface area contributed by atoms with Gasteiger partial charge >= 0.3 is 5.97 Å². The van der Waals surface area contributed by atoms with E-state index in [4.69, 9.17) is 21.1 Å². The van der Waals surface area contributed by atoms with Crippen LogP contribution < -0.4 is 9.47 Å². The van der Waals surface area contributed by atoms with Crippen molar-refractivity contribution >= 4 is 28.6 Å². The molecule has 0 aliphatic carbocycles. The van der Waals surface area contributed by atoms with Gasteiger partial charge in [0.25, 0.3) is 0 Å². The topological polar surface area (TPSA) is 64.2 Å². The number of rotatable bonds is 3. The fraction of sp³-hybridized carbons (Fsp3) is 0.263. The maximum atomic E-state index is 12.1. The summed E-state index contributed by atoms with van der Waals surface area (Å²) in [6, 6.07) is 10.8. The minimum Gasteiger partial charge on any atom is -0.493 e. The van der Waals surface area contributed by atoms with Crippen molar-refractivity contribution in [3.8, 4) is 22.9 Å². The maximum absolute atomic E-state index is 12.1. The zero-order valence-corrected chi connectivity index (χ0v) is 15.3. The third-order valence-corrected chi connectivity index (χ3v) is 3.93. The number of imidazole rings is 1. The van der Waals surface area contributed by atoms with Gasteiger partial charge in [0.05, 0.1) is 23.6 Å². The highest BCUT2D eigenvalue weighted by molar-refractivity contribution is 6.31. The zero-order chi connectivity index (χ0) is 18.2. The highest BCUT2D eigenvalue weighted by Gasteiger charge is 2.25. The molecule has 1 aromatic heterocycles. The number of halogens is 1. The van der Waals surface area contributed by atoms with E-state index in [0.29, 0.717) is 22.3 Å². The van der Waals surface area contributed by atoms with Crippen LogP contribution in [0.4, 0.5) is 0 Å². The summed E-state index contributed by atoms with van der Waals surface area (Å²) in [6.45, 7) is 5.40. The quantitative estimate of drug-likeness (QED) is 0.537. The van der Waals surface area contributed by atoms with Crippen LogP contribution in [-0.4, -0.2) is 23.0 Å². The van der Waals surface area contributed by atoms with Crippen molar-refractivity contribution in [3.63, 3.8) is 0 Å². The normalized spacial score (nSPS) is 11.6. The second-order valence-corrected chi connectivity index (χ2v) is 7.19. The van der Waals surface area contributed by atoms with Crippen molar-refractivity contribution in [1.29, 1.82) is 0 Å². The van der Waals surface area contributed by atoms with Crippen molar-refractivity contribution in [2.75, 3.05) is 7.11 Å². The Hall–Kier alpha value is -2.53. The number of aromatic amines is 1. The fourth-order valence-electron chi connectivity index (χ4n) is 2.27. The molecular formula is C19H19ClN2O3. The number of hydrogen-bond donors (Lipinski definition) is 1. The molecule has 0 atom stereocenters. The van der Waals surface area contributed by atoms with Gasteiger partial charge in [0.15, 0.2) is 11.5 Å². The largest absolute Gasteiger partial charge is 0.493 e. The minimum absolute atomic E-state index is 0.322. The van der Waals surface area contributed by atoms with Crippen LogP contribution in [0.5, 0.6) is 11.5 Å². The number of fused-ring (bicyclic) bond motifs is 1.